The van der Waals surface area contributed by atoms with E-state index in [1.807, 2.05) is 11.0 Å². The Bertz CT molecular complexity index is 868. The molecule has 0 aliphatic carbocycles. The number of hydrogen-bond acceptors (Lipinski definition) is 4. The summed E-state index contributed by atoms with van der Waals surface area (Å²) in [6.45, 7) is 4.96. The highest BCUT2D eigenvalue weighted by Crippen LogP contribution is 2.19. The quantitative estimate of drug-likeness (QED) is 0.845. The van der Waals surface area contributed by atoms with Gasteiger partial charge in [0.25, 0.3) is 5.91 Å². The predicted molar refractivity (Wildman–Crippen MR) is 98.8 cm³/mol. The lowest BCUT2D eigenvalue weighted by Crippen LogP contribution is -2.48. The van der Waals surface area contributed by atoms with E-state index in [1.54, 1.807) is 12.1 Å². The molecule has 0 radical (unpaired) electrons. The van der Waals surface area contributed by atoms with Crippen molar-refractivity contribution in [3.63, 3.8) is 0 Å². The van der Waals surface area contributed by atoms with E-state index in [-0.39, 0.29) is 10.8 Å². The summed E-state index contributed by atoms with van der Waals surface area (Å²) in [5.41, 5.74) is 2.93. The van der Waals surface area contributed by atoms with Gasteiger partial charge in [-0.25, -0.2) is 8.42 Å². The van der Waals surface area contributed by atoms with Crippen LogP contribution in [0, 0.1) is 6.92 Å². The highest BCUT2D eigenvalue weighted by Gasteiger charge is 2.22. The Hall–Kier alpha value is -2.34. The van der Waals surface area contributed by atoms with Gasteiger partial charge in [-0.3, -0.25) is 4.79 Å². The minimum absolute atomic E-state index is 0.0519. The molecule has 0 spiro atoms. The number of aryl methyl sites for hydroxylation is 1. The van der Waals surface area contributed by atoms with Crippen molar-refractivity contribution in [3.8, 4) is 0 Å². The topological polar surface area (TPSA) is 57.7 Å². The van der Waals surface area contributed by atoms with Crippen LogP contribution in [-0.4, -0.2) is 51.7 Å². The predicted octanol–water partition coefficient (Wildman–Crippen LogP) is 2.36. The molecule has 132 valence electrons. The first kappa shape index (κ1) is 17.5. The molecule has 0 aromatic heterocycles. The molecule has 1 aliphatic heterocycles. The highest BCUT2D eigenvalue weighted by molar-refractivity contribution is 7.90. The van der Waals surface area contributed by atoms with E-state index in [0.29, 0.717) is 18.7 Å². The third-order valence-corrected chi connectivity index (χ3v) is 5.59. The third kappa shape index (κ3) is 4.02. The summed E-state index contributed by atoms with van der Waals surface area (Å²) in [6.07, 6.45) is 1.16. The number of piperazine rings is 1. The zero-order valence-corrected chi connectivity index (χ0v) is 15.3. The Morgan fingerprint density at radius 1 is 0.960 bits per heavy atom. The average Bonchev–Trinajstić information content (AvgIpc) is 2.61. The van der Waals surface area contributed by atoms with Crippen LogP contribution in [0.2, 0.25) is 0 Å². The van der Waals surface area contributed by atoms with Gasteiger partial charge >= 0.3 is 0 Å². The highest BCUT2D eigenvalue weighted by atomic mass is 32.2. The van der Waals surface area contributed by atoms with Crippen molar-refractivity contribution in [2.24, 2.45) is 0 Å². The summed E-state index contributed by atoms with van der Waals surface area (Å²) in [5, 5.41) is 0. The molecule has 0 bridgehead atoms. The number of carbonyl (C=O) groups excluding carboxylic acids is 1. The number of amides is 1. The second-order valence-electron chi connectivity index (χ2n) is 6.41. The molecular formula is C19H22N2O3S. The first-order valence-corrected chi connectivity index (χ1v) is 10.1. The first-order chi connectivity index (χ1) is 11.8. The molecule has 1 amide bonds. The van der Waals surface area contributed by atoms with Crippen LogP contribution in [0.25, 0.3) is 0 Å². The average molecular weight is 358 g/mol. The van der Waals surface area contributed by atoms with E-state index in [0.717, 1.165) is 19.3 Å². The van der Waals surface area contributed by atoms with Crippen LogP contribution in [0.4, 0.5) is 5.69 Å². The lowest BCUT2D eigenvalue weighted by Gasteiger charge is -2.36. The molecule has 2 aromatic rings. The van der Waals surface area contributed by atoms with Crippen LogP contribution in [-0.2, 0) is 9.84 Å². The fourth-order valence-electron chi connectivity index (χ4n) is 3.02. The van der Waals surface area contributed by atoms with Crippen molar-refractivity contribution in [2.45, 2.75) is 11.8 Å². The molecule has 0 unspecified atom stereocenters. The van der Waals surface area contributed by atoms with Crippen molar-refractivity contribution in [3.05, 3.63) is 59.7 Å². The first-order valence-electron chi connectivity index (χ1n) is 8.25. The standard InChI is InChI=1S/C19H22N2O3S/c1-15-4-3-5-17(14-15)20-10-12-21(13-11-20)19(22)16-6-8-18(9-7-16)25(2,23)24/h3-9,14H,10-13H2,1-2H3. The van der Waals surface area contributed by atoms with Crippen molar-refractivity contribution in [1.29, 1.82) is 0 Å². The minimum atomic E-state index is -3.24. The summed E-state index contributed by atoms with van der Waals surface area (Å²) < 4.78 is 23.0. The van der Waals surface area contributed by atoms with Gasteiger partial charge in [-0.1, -0.05) is 12.1 Å². The van der Waals surface area contributed by atoms with Gasteiger partial charge in [-0.15, -0.1) is 0 Å². The van der Waals surface area contributed by atoms with E-state index in [4.69, 9.17) is 0 Å². The Morgan fingerprint density at radius 2 is 1.60 bits per heavy atom. The Balaban J connectivity index is 1.65. The van der Waals surface area contributed by atoms with Gasteiger partial charge in [-0.2, -0.15) is 0 Å². The molecule has 2 aromatic carbocycles. The van der Waals surface area contributed by atoms with E-state index in [9.17, 15) is 13.2 Å². The van der Waals surface area contributed by atoms with Gasteiger partial charge in [-0.05, 0) is 48.9 Å². The van der Waals surface area contributed by atoms with Gasteiger partial charge in [0, 0.05) is 43.7 Å². The Kier molecular flexibility index (Phi) is 4.81. The fourth-order valence-corrected chi connectivity index (χ4v) is 3.65. The van der Waals surface area contributed by atoms with Crippen LogP contribution in [0.5, 0.6) is 0 Å². The molecule has 0 N–H and O–H groups in total. The number of anilines is 1. The van der Waals surface area contributed by atoms with Crippen LogP contribution in [0.1, 0.15) is 15.9 Å². The maximum atomic E-state index is 12.6. The number of hydrogen-bond donors (Lipinski definition) is 0. The molecule has 3 rings (SSSR count). The van der Waals surface area contributed by atoms with E-state index in [1.165, 1.54) is 23.4 Å². The SMILES string of the molecule is Cc1cccc(N2CCN(C(=O)c3ccc(S(C)(=O)=O)cc3)CC2)c1. The van der Waals surface area contributed by atoms with Gasteiger partial charge in [0.05, 0.1) is 4.90 Å². The smallest absolute Gasteiger partial charge is 0.253 e. The molecule has 0 saturated carbocycles. The van der Waals surface area contributed by atoms with Gasteiger partial charge in [0.2, 0.25) is 0 Å². The molecule has 1 aliphatic rings. The summed E-state index contributed by atoms with van der Waals surface area (Å²) in [7, 11) is -3.24. The number of carbonyl (C=O) groups is 1. The van der Waals surface area contributed by atoms with Crippen molar-refractivity contribution in [1.82, 2.24) is 4.90 Å². The second-order valence-corrected chi connectivity index (χ2v) is 8.43. The zero-order valence-electron chi connectivity index (χ0n) is 14.5. The van der Waals surface area contributed by atoms with Crippen LogP contribution in [0.15, 0.2) is 53.4 Å². The van der Waals surface area contributed by atoms with Gasteiger partial charge < -0.3 is 9.80 Å². The summed E-state index contributed by atoms with van der Waals surface area (Å²) in [5.74, 6) is -0.0519. The number of benzene rings is 2. The molecule has 1 fully saturated rings. The number of rotatable bonds is 3. The third-order valence-electron chi connectivity index (χ3n) is 4.46. The largest absolute Gasteiger partial charge is 0.368 e. The molecule has 1 saturated heterocycles. The van der Waals surface area contributed by atoms with Gasteiger partial charge in [0.15, 0.2) is 9.84 Å². The molecule has 5 nitrogen and oxygen atoms in total. The number of sulfone groups is 1. The van der Waals surface area contributed by atoms with E-state index in [2.05, 4.69) is 30.0 Å². The Morgan fingerprint density at radius 3 is 2.16 bits per heavy atom. The molecule has 25 heavy (non-hydrogen) atoms. The zero-order chi connectivity index (χ0) is 18.0. The van der Waals surface area contributed by atoms with E-state index >= 15 is 0 Å². The van der Waals surface area contributed by atoms with Crippen LogP contribution < -0.4 is 4.90 Å². The van der Waals surface area contributed by atoms with Crippen LogP contribution >= 0.6 is 0 Å². The monoisotopic (exact) mass is 358 g/mol. The van der Waals surface area contributed by atoms with Crippen molar-refractivity contribution >= 4 is 21.4 Å². The normalized spacial score (nSPS) is 15.3. The number of nitrogens with zero attached hydrogens (tertiary/aromatic N) is 2. The maximum Gasteiger partial charge on any atom is 0.253 e. The molecule has 1 heterocycles. The Labute approximate surface area is 148 Å². The van der Waals surface area contributed by atoms with E-state index < -0.39 is 9.84 Å². The van der Waals surface area contributed by atoms with Gasteiger partial charge in [0.1, 0.15) is 0 Å². The second kappa shape index (κ2) is 6.88. The minimum Gasteiger partial charge on any atom is -0.368 e. The molecule has 6 heteroatoms. The van der Waals surface area contributed by atoms with Crippen LogP contribution in [0.3, 0.4) is 0 Å². The van der Waals surface area contributed by atoms with Crippen molar-refractivity contribution < 1.29 is 13.2 Å². The summed E-state index contributed by atoms with van der Waals surface area (Å²) >= 11 is 0. The van der Waals surface area contributed by atoms with Crippen molar-refractivity contribution in [2.75, 3.05) is 37.3 Å². The summed E-state index contributed by atoms with van der Waals surface area (Å²) in [4.78, 5) is 16.9. The lowest BCUT2D eigenvalue weighted by atomic mass is 10.1. The fraction of sp³-hybridized carbons (Fsp3) is 0.316. The lowest BCUT2D eigenvalue weighted by molar-refractivity contribution is 0.0746. The summed E-state index contributed by atoms with van der Waals surface area (Å²) in [6, 6.07) is 14.5. The molecular weight excluding hydrogens is 336 g/mol. The maximum absolute atomic E-state index is 12.6. The molecule has 0 atom stereocenters.